The van der Waals surface area contributed by atoms with Crippen molar-refractivity contribution in [3.63, 3.8) is 0 Å². The predicted molar refractivity (Wildman–Crippen MR) is 82.7 cm³/mol. The van der Waals surface area contributed by atoms with Crippen LogP contribution in [-0.2, 0) is 6.42 Å². The predicted octanol–water partition coefficient (Wildman–Crippen LogP) is 3.44. The van der Waals surface area contributed by atoms with Crippen LogP contribution in [0.25, 0.3) is 0 Å². The summed E-state index contributed by atoms with van der Waals surface area (Å²) >= 11 is 4.17. The van der Waals surface area contributed by atoms with Crippen LogP contribution in [0.1, 0.15) is 18.4 Å². The van der Waals surface area contributed by atoms with Gasteiger partial charge in [0.25, 0.3) is 0 Å². The summed E-state index contributed by atoms with van der Waals surface area (Å²) in [5, 5.41) is 4.45. The lowest BCUT2D eigenvalue weighted by molar-refractivity contribution is 0.448. The molecule has 1 N–H and O–H groups in total. The highest BCUT2D eigenvalue weighted by Gasteiger charge is 2.21. The Morgan fingerprint density at radius 3 is 2.78 bits per heavy atom. The van der Waals surface area contributed by atoms with E-state index < -0.39 is 0 Å². The van der Waals surface area contributed by atoms with Gasteiger partial charge in [-0.2, -0.15) is 11.8 Å². The largest absolute Gasteiger partial charge is 0.315 e. The topological polar surface area (TPSA) is 12.0 Å². The molecule has 3 rings (SSSR count). The van der Waals surface area contributed by atoms with Crippen LogP contribution in [0.4, 0.5) is 0 Å². The molecule has 2 heterocycles. The van der Waals surface area contributed by atoms with Gasteiger partial charge in [0.05, 0.1) is 0 Å². The van der Waals surface area contributed by atoms with Crippen LogP contribution in [-0.4, -0.2) is 29.8 Å². The van der Waals surface area contributed by atoms with Crippen molar-refractivity contribution >= 4 is 23.5 Å². The molecule has 1 aromatic rings. The Labute approximate surface area is 119 Å². The summed E-state index contributed by atoms with van der Waals surface area (Å²) in [6.45, 7) is 2.40. The van der Waals surface area contributed by atoms with Gasteiger partial charge < -0.3 is 5.32 Å². The van der Waals surface area contributed by atoms with Crippen molar-refractivity contribution in [3.05, 3.63) is 29.8 Å². The fourth-order valence-electron chi connectivity index (χ4n) is 2.77. The summed E-state index contributed by atoms with van der Waals surface area (Å²) in [6.07, 6.45) is 4.07. The van der Waals surface area contributed by atoms with E-state index in [1.807, 2.05) is 0 Å². The smallest absolute Gasteiger partial charge is 0.0260 e. The maximum Gasteiger partial charge on any atom is 0.0260 e. The number of hydrogen-bond donors (Lipinski definition) is 1. The van der Waals surface area contributed by atoms with Crippen molar-refractivity contribution in [2.45, 2.75) is 29.4 Å². The molecular weight excluding hydrogens is 258 g/mol. The Morgan fingerprint density at radius 2 is 1.94 bits per heavy atom. The van der Waals surface area contributed by atoms with Gasteiger partial charge in [-0.3, -0.25) is 0 Å². The summed E-state index contributed by atoms with van der Waals surface area (Å²) in [6, 6.07) is 8.86. The second-order valence-electron chi connectivity index (χ2n) is 5.27. The number of rotatable bonds is 4. The first-order valence-electron chi connectivity index (χ1n) is 6.95. The molecular formula is C15H21NS2. The van der Waals surface area contributed by atoms with Crippen LogP contribution < -0.4 is 5.32 Å². The zero-order valence-corrected chi connectivity index (χ0v) is 12.4. The summed E-state index contributed by atoms with van der Waals surface area (Å²) in [7, 11) is 0. The highest BCUT2D eigenvalue weighted by molar-refractivity contribution is 8.00. The second-order valence-corrected chi connectivity index (χ2v) is 7.83. The molecule has 1 saturated heterocycles. The number of hydrogen-bond acceptors (Lipinski definition) is 3. The summed E-state index contributed by atoms with van der Waals surface area (Å²) in [4.78, 5) is 1.50. The van der Waals surface area contributed by atoms with Gasteiger partial charge in [0.2, 0.25) is 0 Å². The zero-order chi connectivity index (χ0) is 12.2. The highest BCUT2D eigenvalue weighted by atomic mass is 32.2. The van der Waals surface area contributed by atoms with Crippen LogP contribution in [0.15, 0.2) is 29.2 Å². The van der Waals surface area contributed by atoms with E-state index >= 15 is 0 Å². The first-order valence-corrected chi connectivity index (χ1v) is 8.98. The monoisotopic (exact) mass is 279 g/mol. The van der Waals surface area contributed by atoms with Crippen molar-refractivity contribution in [3.8, 4) is 0 Å². The third-order valence-corrected chi connectivity index (χ3v) is 6.23. The Bertz CT molecular complexity index is 363. The van der Waals surface area contributed by atoms with Gasteiger partial charge in [-0.25, -0.2) is 0 Å². The highest BCUT2D eigenvalue weighted by Crippen LogP contribution is 2.36. The first-order chi connectivity index (χ1) is 8.92. The fraction of sp³-hybridized carbons (Fsp3) is 0.600. The van der Waals surface area contributed by atoms with Crippen LogP contribution in [0.3, 0.4) is 0 Å². The number of nitrogens with one attached hydrogen (secondary N) is 1. The van der Waals surface area contributed by atoms with Gasteiger partial charge in [-0.15, -0.1) is 11.8 Å². The Balaban J connectivity index is 1.40. The van der Waals surface area contributed by atoms with Gasteiger partial charge in [0.1, 0.15) is 0 Å². The quantitative estimate of drug-likeness (QED) is 0.907. The molecule has 1 nitrogen and oxygen atoms in total. The van der Waals surface area contributed by atoms with E-state index in [9.17, 15) is 0 Å². The van der Waals surface area contributed by atoms with E-state index in [4.69, 9.17) is 0 Å². The average molecular weight is 279 g/mol. The fourth-order valence-corrected chi connectivity index (χ4v) is 5.25. The SMILES string of the molecule is c1ccc2c(c1)CC(CNCC1CCSCC1)S2. The van der Waals surface area contributed by atoms with Crippen LogP contribution >= 0.6 is 23.5 Å². The third kappa shape index (κ3) is 3.25. The summed E-state index contributed by atoms with van der Waals surface area (Å²) in [5.74, 6) is 3.67. The second kappa shape index (κ2) is 6.36. The normalized spacial score (nSPS) is 24.1. The molecule has 0 spiro atoms. The molecule has 98 valence electrons. The molecule has 3 heteroatoms. The van der Waals surface area contributed by atoms with Crippen molar-refractivity contribution in [2.75, 3.05) is 24.6 Å². The Kier molecular flexibility index (Phi) is 4.55. The molecule has 0 radical (unpaired) electrons. The van der Waals surface area contributed by atoms with Crippen molar-refractivity contribution in [1.82, 2.24) is 5.32 Å². The van der Waals surface area contributed by atoms with Crippen LogP contribution in [0.2, 0.25) is 0 Å². The molecule has 1 fully saturated rings. The number of fused-ring (bicyclic) bond motifs is 1. The molecule has 18 heavy (non-hydrogen) atoms. The number of thioether (sulfide) groups is 2. The molecule has 0 amide bonds. The van der Waals surface area contributed by atoms with Crippen LogP contribution in [0, 0.1) is 5.92 Å². The van der Waals surface area contributed by atoms with Gasteiger partial charge >= 0.3 is 0 Å². The van der Waals surface area contributed by atoms with Gasteiger partial charge in [-0.05, 0) is 54.9 Å². The summed E-state index contributed by atoms with van der Waals surface area (Å²) in [5.41, 5.74) is 1.54. The first kappa shape index (κ1) is 12.9. The zero-order valence-electron chi connectivity index (χ0n) is 10.7. The molecule has 1 aromatic carbocycles. The van der Waals surface area contributed by atoms with E-state index in [-0.39, 0.29) is 0 Å². The third-order valence-electron chi connectivity index (χ3n) is 3.86. The lowest BCUT2D eigenvalue weighted by atomic mass is 10.0. The van der Waals surface area contributed by atoms with Crippen molar-refractivity contribution in [2.24, 2.45) is 5.92 Å². The lowest BCUT2D eigenvalue weighted by Gasteiger charge is -2.22. The molecule has 2 aliphatic rings. The van der Waals surface area contributed by atoms with E-state index in [0.717, 1.165) is 11.2 Å². The molecule has 1 unspecified atom stereocenters. The average Bonchev–Trinajstić information content (AvgIpc) is 2.82. The van der Waals surface area contributed by atoms with E-state index in [0.29, 0.717) is 0 Å². The molecule has 0 bridgehead atoms. The standard InChI is InChI=1S/C15H21NS2/c1-2-4-15-13(3-1)9-14(18-15)11-16-10-12-5-7-17-8-6-12/h1-4,12,14,16H,5-11H2. The summed E-state index contributed by atoms with van der Waals surface area (Å²) < 4.78 is 0. The minimum Gasteiger partial charge on any atom is -0.315 e. The van der Waals surface area contributed by atoms with E-state index in [2.05, 4.69) is 53.1 Å². The Morgan fingerprint density at radius 1 is 1.11 bits per heavy atom. The van der Waals surface area contributed by atoms with Crippen molar-refractivity contribution in [1.29, 1.82) is 0 Å². The molecule has 0 aliphatic carbocycles. The van der Waals surface area contributed by atoms with Gasteiger partial charge in [-0.1, -0.05) is 18.2 Å². The molecule has 0 aromatic heterocycles. The minimum atomic E-state index is 0.750. The molecule has 2 aliphatic heterocycles. The van der Waals surface area contributed by atoms with Gasteiger partial charge in [0.15, 0.2) is 0 Å². The minimum absolute atomic E-state index is 0.750. The Hall–Kier alpha value is -0.120. The molecule has 0 saturated carbocycles. The van der Waals surface area contributed by atoms with Crippen molar-refractivity contribution < 1.29 is 0 Å². The van der Waals surface area contributed by atoms with E-state index in [1.165, 1.54) is 48.8 Å². The van der Waals surface area contributed by atoms with Crippen LogP contribution in [0.5, 0.6) is 0 Å². The van der Waals surface area contributed by atoms with E-state index in [1.54, 1.807) is 5.56 Å². The number of benzene rings is 1. The van der Waals surface area contributed by atoms with Gasteiger partial charge in [0, 0.05) is 16.7 Å². The molecule has 1 atom stereocenters. The lowest BCUT2D eigenvalue weighted by Crippen LogP contribution is -2.30. The maximum absolute atomic E-state index is 3.70. The maximum atomic E-state index is 3.70.